The van der Waals surface area contributed by atoms with E-state index in [1.165, 1.54) is 30.3 Å². The van der Waals surface area contributed by atoms with Gasteiger partial charge >= 0.3 is 6.18 Å². The van der Waals surface area contributed by atoms with E-state index in [2.05, 4.69) is 5.32 Å². The molecule has 2 heterocycles. The summed E-state index contributed by atoms with van der Waals surface area (Å²) >= 11 is 10.8. The molecule has 0 saturated carbocycles. The standard InChI is InChI=1S/C22H11ClF3N3O5S/c23-12-4-6-15(17(9-12)29(32)33)18-7-5-14(34-18)10-16-19(30)27-21(35)28(20(16)31)13-3-1-2-11(8-13)22(24,25)26/h1-10H,(H,27,30,35)/b16-10+. The van der Waals surface area contributed by atoms with Gasteiger partial charge in [-0.05, 0) is 60.8 Å². The Labute approximate surface area is 204 Å². The van der Waals surface area contributed by atoms with Crippen LogP contribution in [0, 0.1) is 10.1 Å². The van der Waals surface area contributed by atoms with Gasteiger partial charge in [0.1, 0.15) is 17.1 Å². The number of carbonyl (C=O) groups excluding carboxylic acids is 2. The lowest BCUT2D eigenvalue weighted by atomic mass is 10.1. The van der Waals surface area contributed by atoms with E-state index in [-0.39, 0.29) is 33.5 Å². The molecule has 8 nitrogen and oxygen atoms in total. The van der Waals surface area contributed by atoms with Crippen LogP contribution in [0.1, 0.15) is 11.3 Å². The third-order valence-electron chi connectivity index (χ3n) is 4.87. The Morgan fingerprint density at radius 2 is 1.86 bits per heavy atom. The maximum atomic E-state index is 13.1. The fourth-order valence-electron chi connectivity index (χ4n) is 3.29. The normalized spacial score (nSPS) is 15.5. The number of anilines is 1. The fourth-order valence-corrected chi connectivity index (χ4v) is 3.74. The van der Waals surface area contributed by atoms with Gasteiger partial charge in [0.05, 0.1) is 21.7 Å². The van der Waals surface area contributed by atoms with Gasteiger partial charge in [0.25, 0.3) is 17.5 Å². The Bertz CT molecular complexity index is 1430. The Hall–Kier alpha value is -4.03. The van der Waals surface area contributed by atoms with Crippen molar-refractivity contribution >= 4 is 58.2 Å². The summed E-state index contributed by atoms with van der Waals surface area (Å²) in [6.45, 7) is 0. The molecule has 1 fully saturated rings. The third-order valence-corrected chi connectivity index (χ3v) is 5.39. The maximum Gasteiger partial charge on any atom is 0.416 e. The van der Waals surface area contributed by atoms with Crippen molar-refractivity contribution in [3.63, 3.8) is 0 Å². The molecular weight excluding hydrogens is 511 g/mol. The van der Waals surface area contributed by atoms with Crippen LogP contribution in [0.5, 0.6) is 0 Å². The summed E-state index contributed by atoms with van der Waals surface area (Å²) in [5.74, 6) is -1.82. The number of nitro groups is 1. The summed E-state index contributed by atoms with van der Waals surface area (Å²) in [4.78, 5) is 37.0. The minimum Gasteiger partial charge on any atom is -0.456 e. The SMILES string of the molecule is O=C1NC(=S)N(c2cccc(C(F)(F)F)c2)C(=O)/C1=C/c1ccc(-c2ccc(Cl)cc2[N+](=O)[O-])o1. The molecule has 1 aromatic heterocycles. The van der Waals surface area contributed by atoms with E-state index in [9.17, 15) is 32.9 Å². The van der Waals surface area contributed by atoms with Crippen LogP contribution in [0.4, 0.5) is 24.5 Å². The number of hydrogen-bond donors (Lipinski definition) is 1. The molecule has 0 spiro atoms. The van der Waals surface area contributed by atoms with Crippen molar-refractivity contribution in [1.29, 1.82) is 0 Å². The molecule has 13 heteroatoms. The van der Waals surface area contributed by atoms with Gasteiger partial charge in [-0.3, -0.25) is 29.9 Å². The van der Waals surface area contributed by atoms with Gasteiger partial charge in [-0.1, -0.05) is 17.7 Å². The lowest BCUT2D eigenvalue weighted by Gasteiger charge is -2.29. The largest absolute Gasteiger partial charge is 0.456 e. The van der Waals surface area contributed by atoms with Gasteiger partial charge in [0.2, 0.25) is 0 Å². The first-order valence-electron chi connectivity index (χ1n) is 9.58. The maximum absolute atomic E-state index is 13.1. The monoisotopic (exact) mass is 521 g/mol. The topological polar surface area (TPSA) is 106 Å². The highest BCUT2D eigenvalue weighted by molar-refractivity contribution is 7.80. The number of alkyl halides is 3. The zero-order chi connectivity index (χ0) is 25.5. The summed E-state index contributed by atoms with van der Waals surface area (Å²) in [7, 11) is 0. The average Bonchev–Trinajstić information content (AvgIpc) is 3.24. The second kappa shape index (κ2) is 8.96. The minimum atomic E-state index is -4.66. The smallest absolute Gasteiger partial charge is 0.416 e. The highest BCUT2D eigenvalue weighted by Gasteiger charge is 2.37. The summed E-state index contributed by atoms with van der Waals surface area (Å²) in [6, 6.07) is 10.6. The van der Waals surface area contributed by atoms with E-state index in [1.807, 2.05) is 0 Å². The number of thiocarbonyl (C=S) groups is 1. The van der Waals surface area contributed by atoms with Crippen LogP contribution < -0.4 is 10.2 Å². The number of benzene rings is 2. The minimum absolute atomic E-state index is 0.0143. The number of amides is 2. The zero-order valence-corrected chi connectivity index (χ0v) is 18.7. The molecule has 2 aromatic carbocycles. The van der Waals surface area contributed by atoms with E-state index in [0.717, 1.165) is 35.2 Å². The lowest BCUT2D eigenvalue weighted by molar-refractivity contribution is -0.384. The zero-order valence-electron chi connectivity index (χ0n) is 17.1. The van der Waals surface area contributed by atoms with E-state index in [0.29, 0.717) is 0 Å². The van der Waals surface area contributed by atoms with Crippen molar-refractivity contribution in [2.24, 2.45) is 0 Å². The van der Waals surface area contributed by atoms with Crippen molar-refractivity contribution in [3.05, 3.63) is 86.6 Å². The first kappa shape index (κ1) is 24.1. The van der Waals surface area contributed by atoms with E-state index < -0.39 is 39.2 Å². The summed E-state index contributed by atoms with van der Waals surface area (Å²) in [5, 5.41) is 13.4. The average molecular weight is 522 g/mol. The third kappa shape index (κ3) is 4.79. The van der Waals surface area contributed by atoms with Gasteiger partial charge in [0, 0.05) is 11.1 Å². The van der Waals surface area contributed by atoms with Crippen LogP contribution >= 0.6 is 23.8 Å². The van der Waals surface area contributed by atoms with Crippen LogP contribution in [-0.2, 0) is 15.8 Å². The molecule has 178 valence electrons. The van der Waals surface area contributed by atoms with Gasteiger partial charge in [-0.25, -0.2) is 0 Å². The number of halogens is 4. The first-order valence-corrected chi connectivity index (χ1v) is 10.4. The molecule has 2 amide bonds. The molecule has 1 aliphatic heterocycles. The molecular formula is C22H11ClF3N3O5S. The molecule has 0 bridgehead atoms. The second-order valence-corrected chi connectivity index (χ2v) is 7.95. The number of hydrogen-bond acceptors (Lipinski definition) is 6. The lowest BCUT2D eigenvalue weighted by Crippen LogP contribution is -2.54. The summed E-state index contributed by atoms with van der Waals surface area (Å²) in [5.41, 5.74) is -1.89. The van der Waals surface area contributed by atoms with Crippen LogP contribution in [-0.4, -0.2) is 21.9 Å². The number of furan rings is 1. The number of nitrogens with zero attached hydrogens (tertiary/aromatic N) is 2. The van der Waals surface area contributed by atoms with Gasteiger partial charge in [0.15, 0.2) is 5.11 Å². The molecule has 4 rings (SSSR count). The van der Waals surface area contributed by atoms with E-state index in [1.54, 1.807) is 0 Å². The number of nitrogens with one attached hydrogen (secondary N) is 1. The van der Waals surface area contributed by atoms with E-state index in [4.69, 9.17) is 28.2 Å². The van der Waals surface area contributed by atoms with Crippen molar-refractivity contribution in [2.75, 3.05) is 4.90 Å². The van der Waals surface area contributed by atoms with Crippen molar-refractivity contribution in [1.82, 2.24) is 5.32 Å². The molecule has 1 saturated heterocycles. The molecule has 0 unspecified atom stereocenters. The van der Waals surface area contributed by atoms with Gasteiger partial charge in [-0.15, -0.1) is 0 Å². The highest BCUT2D eigenvalue weighted by Crippen LogP contribution is 2.35. The van der Waals surface area contributed by atoms with Crippen LogP contribution in [0.2, 0.25) is 5.02 Å². The molecule has 0 atom stereocenters. The highest BCUT2D eigenvalue weighted by atomic mass is 35.5. The molecule has 3 aromatic rings. The van der Waals surface area contributed by atoms with E-state index >= 15 is 0 Å². The Morgan fingerprint density at radius 1 is 1.11 bits per heavy atom. The quantitative estimate of drug-likeness (QED) is 0.163. The number of rotatable bonds is 4. The molecule has 0 aliphatic carbocycles. The van der Waals surface area contributed by atoms with Crippen LogP contribution in [0.3, 0.4) is 0 Å². The van der Waals surface area contributed by atoms with Crippen molar-refractivity contribution < 1.29 is 32.1 Å². The number of carbonyl (C=O) groups is 2. The van der Waals surface area contributed by atoms with Crippen molar-refractivity contribution in [3.8, 4) is 11.3 Å². The number of nitro benzene ring substituents is 1. The Morgan fingerprint density at radius 3 is 2.54 bits per heavy atom. The molecule has 0 radical (unpaired) electrons. The second-order valence-electron chi connectivity index (χ2n) is 7.13. The summed E-state index contributed by atoms with van der Waals surface area (Å²) < 4.78 is 44.9. The summed E-state index contributed by atoms with van der Waals surface area (Å²) in [6.07, 6.45) is -3.60. The Kier molecular flexibility index (Phi) is 6.17. The van der Waals surface area contributed by atoms with Crippen molar-refractivity contribution in [2.45, 2.75) is 6.18 Å². The molecule has 35 heavy (non-hydrogen) atoms. The predicted molar refractivity (Wildman–Crippen MR) is 123 cm³/mol. The van der Waals surface area contributed by atoms with Gasteiger partial charge in [-0.2, -0.15) is 13.2 Å². The van der Waals surface area contributed by atoms with Crippen LogP contribution in [0.25, 0.3) is 17.4 Å². The fraction of sp³-hybridized carbons (Fsp3) is 0.0455. The Balaban J connectivity index is 1.70. The molecule has 1 N–H and O–H groups in total. The first-order chi connectivity index (χ1) is 16.5. The molecule has 1 aliphatic rings. The predicted octanol–water partition coefficient (Wildman–Crippen LogP) is 5.36. The van der Waals surface area contributed by atoms with Crippen LogP contribution in [0.15, 0.2) is 64.6 Å². The van der Waals surface area contributed by atoms with Gasteiger partial charge < -0.3 is 4.42 Å².